The van der Waals surface area contributed by atoms with Gasteiger partial charge in [0.1, 0.15) is 11.8 Å². The number of carbonyl (C=O) groups excluding carboxylic acids is 1. The molecule has 0 aliphatic heterocycles. The first-order valence-electron chi connectivity index (χ1n) is 5.73. The van der Waals surface area contributed by atoms with E-state index < -0.39 is 12.0 Å². The topological polar surface area (TPSA) is 91.0 Å². The highest BCUT2D eigenvalue weighted by molar-refractivity contribution is 5.76. The number of esters is 1. The third kappa shape index (κ3) is 3.08. The second kappa shape index (κ2) is 6.29. The SMILES string of the molecule is COC(=O)[C@@H](N)Cc1cc(O)c(OC)c(C)c1OC. The molecular weight excluding hydrogens is 250 g/mol. The predicted octanol–water partition coefficient (Wildman–Crippen LogP) is 0.761. The van der Waals surface area contributed by atoms with Crippen LogP contribution in [0.15, 0.2) is 6.07 Å². The van der Waals surface area contributed by atoms with Crippen LogP contribution < -0.4 is 15.2 Å². The van der Waals surface area contributed by atoms with Gasteiger partial charge in [0.25, 0.3) is 0 Å². The molecule has 1 aromatic carbocycles. The van der Waals surface area contributed by atoms with Crippen LogP contribution in [0.25, 0.3) is 0 Å². The average Bonchev–Trinajstić information content (AvgIpc) is 2.38. The number of hydrogen-bond donors (Lipinski definition) is 2. The molecule has 0 unspecified atom stereocenters. The number of methoxy groups -OCH3 is 3. The molecule has 0 amide bonds. The number of phenols is 1. The monoisotopic (exact) mass is 269 g/mol. The maximum Gasteiger partial charge on any atom is 0.322 e. The van der Waals surface area contributed by atoms with Crippen LogP contribution in [0.3, 0.4) is 0 Å². The molecule has 0 aliphatic rings. The van der Waals surface area contributed by atoms with Crippen LogP contribution in [0, 0.1) is 6.92 Å². The van der Waals surface area contributed by atoms with E-state index in [4.69, 9.17) is 15.2 Å². The fraction of sp³-hybridized carbons (Fsp3) is 0.462. The van der Waals surface area contributed by atoms with Gasteiger partial charge in [-0.25, -0.2) is 0 Å². The van der Waals surface area contributed by atoms with Gasteiger partial charge in [-0.2, -0.15) is 0 Å². The van der Waals surface area contributed by atoms with Crippen LogP contribution in [-0.2, 0) is 16.0 Å². The first-order valence-corrected chi connectivity index (χ1v) is 5.73. The van der Waals surface area contributed by atoms with Gasteiger partial charge >= 0.3 is 5.97 Å². The third-order valence-electron chi connectivity index (χ3n) is 2.87. The van der Waals surface area contributed by atoms with Gasteiger partial charge in [-0.1, -0.05) is 0 Å². The number of ether oxygens (including phenoxy) is 3. The molecule has 0 heterocycles. The second-order valence-corrected chi connectivity index (χ2v) is 4.08. The summed E-state index contributed by atoms with van der Waals surface area (Å²) in [6, 6.07) is 0.666. The summed E-state index contributed by atoms with van der Waals surface area (Å²) in [4.78, 5) is 11.3. The molecule has 3 N–H and O–H groups in total. The van der Waals surface area contributed by atoms with E-state index in [1.165, 1.54) is 27.4 Å². The van der Waals surface area contributed by atoms with Crippen LogP contribution in [0.4, 0.5) is 0 Å². The Morgan fingerprint density at radius 2 is 1.89 bits per heavy atom. The van der Waals surface area contributed by atoms with E-state index >= 15 is 0 Å². The van der Waals surface area contributed by atoms with Gasteiger partial charge in [-0.15, -0.1) is 0 Å². The molecule has 0 radical (unpaired) electrons. The predicted molar refractivity (Wildman–Crippen MR) is 69.6 cm³/mol. The van der Waals surface area contributed by atoms with E-state index in [1.54, 1.807) is 6.92 Å². The molecule has 1 atom stereocenters. The Hall–Kier alpha value is -1.95. The van der Waals surface area contributed by atoms with E-state index in [0.717, 1.165) is 0 Å². The maximum atomic E-state index is 11.3. The Bertz CT molecular complexity index is 473. The van der Waals surface area contributed by atoms with Crippen LogP contribution in [-0.4, -0.2) is 38.4 Å². The van der Waals surface area contributed by atoms with Crippen molar-refractivity contribution in [1.82, 2.24) is 0 Å². The summed E-state index contributed by atoms with van der Waals surface area (Å²) in [5.74, 6) is 0.337. The molecule has 6 heteroatoms. The molecular formula is C13H19NO5. The Labute approximate surface area is 112 Å². The Balaban J connectivity index is 3.17. The Morgan fingerprint density at radius 3 is 2.37 bits per heavy atom. The van der Waals surface area contributed by atoms with E-state index in [2.05, 4.69) is 4.74 Å². The van der Waals surface area contributed by atoms with Crippen LogP contribution in [0.1, 0.15) is 11.1 Å². The zero-order chi connectivity index (χ0) is 14.6. The summed E-state index contributed by atoms with van der Waals surface area (Å²) in [5, 5.41) is 9.86. The highest BCUT2D eigenvalue weighted by Crippen LogP contribution is 2.39. The molecule has 6 nitrogen and oxygen atoms in total. The summed E-state index contributed by atoms with van der Waals surface area (Å²) in [7, 11) is 4.24. The number of nitrogens with two attached hydrogens (primary N) is 1. The zero-order valence-corrected chi connectivity index (χ0v) is 11.5. The molecule has 0 spiro atoms. The van der Waals surface area contributed by atoms with Gasteiger partial charge in [0.2, 0.25) is 0 Å². The number of carbonyl (C=O) groups is 1. The van der Waals surface area contributed by atoms with Gasteiger partial charge in [0.05, 0.1) is 21.3 Å². The second-order valence-electron chi connectivity index (χ2n) is 4.08. The van der Waals surface area contributed by atoms with Crippen molar-refractivity contribution in [2.24, 2.45) is 5.73 Å². The molecule has 0 fully saturated rings. The van der Waals surface area contributed by atoms with Gasteiger partial charge < -0.3 is 25.1 Å². The number of aromatic hydroxyl groups is 1. The van der Waals surface area contributed by atoms with Crippen LogP contribution in [0.2, 0.25) is 0 Å². The van der Waals surface area contributed by atoms with Crippen molar-refractivity contribution in [2.75, 3.05) is 21.3 Å². The molecule has 0 aliphatic carbocycles. The van der Waals surface area contributed by atoms with Crippen molar-refractivity contribution < 1.29 is 24.1 Å². The van der Waals surface area contributed by atoms with Crippen LogP contribution >= 0.6 is 0 Å². The number of benzene rings is 1. The average molecular weight is 269 g/mol. The summed E-state index contributed by atoms with van der Waals surface area (Å²) in [6.07, 6.45) is 0.203. The minimum absolute atomic E-state index is 0.0205. The minimum atomic E-state index is -0.814. The van der Waals surface area contributed by atoms with Crippen molar-refractivity contribution in [2.45, 2.75) is 19.4 Å². The lowest BCUT2D eigenvalue weighted by Crippen LogP contribution is -2.33. The Morgan fingerprint density at radius 1 is 1.32 bits per heavy atom. The molecule has 1 rings (SSSR count). The molecule has 1 aromatic rings. The number of rotatable bonds is 5. The quantitative estimate of drug-likeness (QED) is 0.767. The van der Waals surface area contributed by atoms with E-state index in [1.807, 2.05) is 0 Å². The van der Waals surface area contributed by atoms with Gasteiger partial charge in [0, 0.05) is 17.5 Å². The number of hydrogen-bond acceptors (Lipinski definition) is 6. The van der Waals surface area contributed by atoms with E-state index in [-0.39, 0.29) is 12.2 Å². The van der Waals surface area contributed by atoms with Crippen molar-refractivity contribution >= 4 is 5.97 Å². The fourth-order valence-corrected chi connectivity index (χ4v) is 2.00. The van der Waals surface area contributed by atoms with Gasteiger partial charge in [-0.05, 0) is 13.0 Å². The summed E-state index contributed by atoms with van der Waals surface area (Å²) >= 11 is 0. The fourth-order valence-electron chi connectivity index (χ4n) is 2.00. The normalized spacial score (nSPS) is 11.8. The first kappa shape index (κ1) is 15.1. The largest absolute Gasteiger partial charge is 0.504 e. The van der Waals surface area contributed by atoms with E-state index in [0.29, 0.717) is 22.6 Å². The zero-order valence-electron chi connectivity index (χ0n) is 11.5. The van der Waals surface area contributed by atoms with Crippen LogP contribution in [0.5, 0.6) is 17.2 Å². The molecule has 0 saturated heterocycles. The highest BCUT2D eigenvalue weighted by atomic mass is 16.5. The smallest absolute Gasteiger partial charge is 0.322 e. The lowest BCUT2D eigenvalue weighted by molar-refractivity contribution is -0.142. The maximum absolute atomic E-state index is 11.3. The molecule has 106 valence electrons. The lowest BCUT2D eigenvalue weighted by atomic mass is 10.0. The summed E-state index contributed by atoms with van der Waals surface area (Å²) in [6.45, 7) is 1.75. The van der Waals surface area contributed by atoms with Crippen molar-refractivity contribution in [3.8, 4) is 17.2 Å². The summed E-state index contributed by atoms with van der Waals surface area (Å²) < 4.78 is 15.0. The molecule has 0 aromatic heterocycles. The number of phenolic OH excluding ortho intramolecular Hbond substituents is 1. The van der Waals surface area contributed by atoms with Crippen molar-refractivity contribution in [3.05, 3.63) is 17.2 Å². The lowest BCUT2D eigenvalue weighted by Gasteiger charge is -2.17. The minimum Gasteiger partial charge on any atom is -0.504 e. The molecule has 0 saturated carbocycles. The molecule has 0 bridgehead atoms. The van der Waals surface area contributed by atoms with Crippen molar-refractivity contribution in [3.63, 3.8) is 0 Å². The standard InChI is InChI=1S/C13H19NO5/c1-7-11(17-2)8(5-9(14)13(16)19-4)6-10(15)12(7)18-3/h6,9,15H,5,14H2,1-4H3/t9-/m0/s1. The van der Waals surface area contributed by atoms with Gasteiger partial charge in [-0.3, -0.25) is 4.79 Å². The Kier molecular flexibility index (Phi) is 5.00. The van der Waals surface area contributed by atoms with Crippen molar-refractivity contribution in [1.29, 1.82) is 0 Å². The highest BCUT2D eigenvalue weighted by Gasteiger charge is 2.21. The van der Waals surface area contributed by atoms with Gasteiger partial charge in [0.15, 0.2) is 11.5 Å². The third-order valence-corrected chi connectivity index (χ3v) is 2.87. The summed E-state index contributed by atoms with van der Waals surface area (Å²) in [5.41, 5.74) is 6.98. The first-order chi connectivity index (χ1) is 8.96. The molecule has 19 heavy (non-hydrogen) atoms. The van der Waals surface area contributed by atoms with E-state index in [9.17, 15) is 9.90 Å².